The summed E-state index contributed by atoms with van der Waals surface area (Å²) in [5, 5.41) is 0. The highest BCUT2D eigenvalue weighted by Crippen LogP contribution is 2.23. The molecule has 4 aromatic carbocycles. The summed E-state index contributed by atoms with van der Waals surface area (Å²) in [4.78, 5) is 65.8. The van der Waals surface area contributed by atoms with E-state index >= 15 is 0 Å². The Morgan fingerprint density at radius 2 is 1.05 bits per heavy atom. The molecular formula is C50H60N2O10. The van der Waals surface area contributed by atoms with Gasteiger partial charge in [0.15, 0.2) is 0 Å². The minimum Gasteiger partial charge on any atom is -0.466 e. The molecule has 4 aromatic rings. The highest BCUT2D eigenvalue weighted by atomic mass is 16.6. The zero-order valence-electron chi connectivity index (χ0n) is 36.4. The Hall–Kier alpha value is -5.85. The summed E-state index contributed by atoms with van der Waals surface area (Å²) in [6, 6.07) is 36.3. The summed E-state index contributed by atoms with van der Waals surface area (Å²) >= 11 is 0. The first kappa shape index (κ1) is 47.2. The highest BCUT2D eigenvalue weighted by molar-refractivity contribution is 5.79. The van der Waals surface area contributed by atoms with Gasteiger partial charge in [0.2, 0.25) is 0 Å². The van der Waals surface area contributed by atoms with Gasteiger partial charge in [0.25, 0.3) is 0 Å². The molecule has 0 aromatic heterocycles. The van der Waals surface area contributed by atoms with Crippen LogP contribution < -0.4 is 0 Å². The monoisotopic (exact) mass is 848 g/mol. The first-order valence-corrected chi connectivity index (χ1v) is 21.5. The van der Waals surface area contributed by atoms with E-state index in [1.54, 1.807) is 11.8 Å². The molecule has 2 aliphatic heterocycles. The average molecular weight is 849 g/mol. The third-order valence-corrected chi connectivity index (χ3v) is 10.3. The molecule has 0 unspecified atom stereocenters. The van der Waals surface area contributed by atoms with Crippen LogP contribution in [0.25, 0.3) is 11.1 Å². The van der Waals surface area contributed by atoms with Gasteiger partial charge >= 0.3 is 29.8 Å². The van der Waals surface area contributed by atoms with Crippen LogP contribution in [0.1, 0.15) is 76.5 Å². The van der Waals surface area contributed by atoms with Crippen molar-refractivity contribution >= 4 is 29.8 Å². The van der Waals surface area contributed by atoms with Crippen molar-refractivity contribution < 1.29 is 47.7 Å². The van der Waals surface area contributed by atoms with E-state index in [9.17, 15) is 24.0 Å². The van der Waals surface area contributed by atoms with E-state index in [0.29, 0.717) is 25.9 Å². The van der Waals surface area contributed by atoms with Crippen molar-refractivity contribution in [3.63, 3.8) is 0 Å². The second-order valence-electron chi connectivity index (χ2n) is 16.4. The molecule has 12 heteroatoms. The first-order chi connectivity index (χ1) is 29.9. The molecule has 0 spiro atoms. The number of nitrogens with zero attached hydrogens (tertiary/aromatic N) is 2. The van der Waals surface area contributed by atoms with Gasteiger partial charge in [-0.15, -0.1) is 0 Å². The first-order valence-electron chi connectivity index (χ1n) is 21.5. The summed E-state index contributed by atoms with van der Waals surface area (Å²) in [6.07, 6.45) is 2.68. The molecule has 3 atom stereocenters. The maximum atomic E-state index is 13.0. The van der Waals surface area contributed by atoms with Crippen LogP contribution in [0.15, 0.2) is 115 Å². The van der Waals surface area contributed by atoms with E-state index in [1.807, 2.05) is 141 Å². The maximum Gasteiger partial charge on any atom is 0.323 e. The lowest BCUT2D eigenvalue weighted by Crippen LogP contribution is -2.42. The van der Waals surface area contributed by atoms with Crippen molar-refractivity contribution in [2.45, 2.75) is 103 Å². The van der Waals surface area contributed by atoms with Crippen LogP contribution in [-0.4, -0.2) is 96.2 Å². The molecule has 0 aliphatic carbocycles. The van der Waals surface area contributed by atoms with Gasteiger partial charge in [0.05, 0.1) is 26.1 Å². The molecule has 6 rings (SSSR count). The third-order valence-electron chi connectivity index (χ3n) is 10.3. The van der Waals surface area contributed by atoms with Crippen molar-refractivity contribution in [2.24, 2.45) is 0 Å². The Balaban J connectivity index is 0.000000269. The number of hydrogen-bond acceptors (Lipinski definition) is 12. The van der Waals surface area contributed by atoms with Gasteiger partial charge in [-0.1, -0.05) is 115 Å². The van der Waals surface area contributed by atoms with Crippen LogP contribution in [0, 0.1) is 0 Å². The van der Waals surface area contributed by atoms with Crippen LogP contribution >= 0.6 is 0 Å². The summed E-state index contributed by atoms with van der Waals surface area (Å²) < 4.78 is 27.1. The number of esters is 5. The third kappa shape index (κ3) is 15.9. The normalized spacial score (nSPS) is 16.9. The molecule has 0 N–H and O–H groups in total. The number of likely N-dealkylation sites (tertiary alicyclic amines) is 2. The zero-order valence-corrected chi connectivity index (χ0v) is 36.4. The van der Waals surface area contributed by atoms with Crippen molar-refractivity contribution in [2.75, 3.05) is 32.8 Å². The lowest BCUT2D eigenvalue weighted by atomic mass is 10.0. The molecule has 0 bridgehead atoms. The summed E-state index contributed by atoms with van der Waals surface area (Å²) in [5.41, 5.74) is 4.49. The molecular weight excluding hydrogens is 789 g/mol. The van der Waals surface area contributed by atoms with Gasteiger partial charge in [-0.05, 0) is 94.3 Å². The standard InChI is InChI=1S/C32H35NO6.C18H25NO4/c1-2-37-30(34)21-28(20-24-15-17-27(18-16-24)26-12-7-4-8-13-26)39-31(35)22-33-19-9-14-29(33)32(36)38-23-25-10-5-3-6-11-25;1-18(2,3)23-16(20)12-19-11-7-10-15(19)17(21)22-13-14-8-5-4-6-9-14/h3-8,10-13,15-18,28-29H,2,9,14,19-23H2,1H3;4-6,8-9,15H,7,10-13H2,1-3H3/t28-,29+;15-/m10/s1. The second kappa shape index (κ2) is 24.0. The van der Waals surface area contributed by atoms with E-state index in [1.165, 1.54) is 0 Å². The lowest BCUT2D eigenvalue weighted by molar-refractivity contribution is -0.160. The van der Waals surface area contributed by atoms with Gasteiger partial charge in [-0.25, -0.2) is 0 Å². The van der Waals surface area contributed by atoms with E-state index in [4.69, 9.17) is 23.7 Å². The van der Waals surface area contributed by atoms with Crippen molar-refractivity contribution in [1.82, 2.24) is 9.80 Å². The molecule has 330 valence electrons. The molecule has 12 nitrogen and oxygen atoms in total. The van der Waals surface area contributed by atoms with Gasteiger partial charge in [-0.3, -0.25) is 33.8 Å². The summed E-state index contributed by atoms with van der Waals surface area (Å²) in [6.45, 7) is 9.35. The summed E-state index contributed by atoms with van der Waals surface area (Å²) in [5.74, 6) is -1.81. The number of carbonyl (C=O) groups excluding carboxylic acids is 5. The Morgan fingerprint density at radius 1 is 0.581 bits per heavy atom. The Bertz CT molecular complexity index is 2020. The van der Waals surface area contributed by atoms with Gasteiger partial charge in [-0.2, -0.15) is 0 Å². The zero-order chi connectivity index (χ0) is 44.3. The molecule has 0 amide bonds. The van der Waals surface area contributed by atoms with E-state index in [-0.39, 0.29) is 63.3 Å². The molecule has 0 saturated carbocycles. The molecule has 2 aliphatic rings. The van der Waals surface area contributed by atoms with Crippen LogP contribution in [0.5, 0.6) is 0 Å². The van der Waals surface area contributed by atoms with Crippen LogP contribution in [0.4, 0.5) is 0 Å². The molecule has 2 fully saturated rings. The van der Waals surface area contributed by atoms with E-state index < -0.39 is 29.7 Å². The molecule has 62 heavy (non-hydrogen) atoms. The number of benzene rings is 4. The van der Waals surface area contributed by atoms with Crippen LogP contribution in [-0.2, 0) is 67.3 Å². The minimum absolute atomic E-state index is 0.0391. The topological polar surface area (TPSA) is 138 Å². The molecule has 2 heterocycles. The number of hydrogen-bond donors (Lipinski definition) is 0. The predicted octanol–water partition coefficient (Wildman–Crippen LogP) is 7.50. The van der Waals surface area contributed by atoms with Gasteiger partial charge in [0, 0.05) is 6.42 Å². The van der Waals surface area contributed by atoms with Crippen molar-refractivity contribution in [3.8, 4) is 11.1 Å². The smallest absolute Gasteiger partial charge is 0.323 e. The maximum absolute atomic E-state index is 13.0. The Labute approximate surface area is 365 Å². The lowest BCUT2D eigenvalue weighted by Gasteiger charge is -2.25. The fraction of sp³-hybridized carbons (Fsp3) is 0.420. The SMILES string of the molecule is CC(C)(C)OC(=O)CN1CCC[C@H]1C(=O)OCc1ccccc1.CCOC(=O)C[C@@H](Cc1ccc(-c2ccccc2)cc1)OC(=O)CN1CCC[C@H]1C(=O)OCc1ccccc1. The number of rotatable bonds is 17. The predicted molar refractivity (Wildman–Crippen MR) is 234 cm³/mol. The van der Waals surface area contributed by atoms with Crippen molar-refractivity contribution in [1.29, 1.82) is 0 Å². The Kier molecular flexibility index (Phi) is 18.2. The molecule has 2 saturated heterocycles. The van der Waals surface area contributed by atoms with Crippen LogP contribution in [0.3, 0.4) is 0 Å². The number of ether oxygens (including phenoxy) is 5. The fourth-order valence-electron chi connectivity index (χ4n) is 7.43. The quantitative estimate of drug-likeness (QED) is 0.0768. The van der Waals surface area contributed by atoms with Gasteiger partial charge < -0.3 is 23.7 Å². The van der Waals surface area contributed by atoms with Crippen molar-refractivity contribution in [3.05, 3.63) is 132 Å². The average Bonchev–Trinajstić information content (AvgIpc) is 3.92. The Morgan fingerprint density at radius 3 is 1.53 bits per heavy atom. The van der Waals surface area contributed by atoms with Gasteiger partial charge in [0.1, 0.15) is 37.0 Å². The summed E-state index contributed by atoms with van der Waals surface area (Å²) in [7, 11) is 0. The largest absolute Gasteiger partial charge is 0.466 e. The van der Waals surface area contributed by atoms with E-state index in [2.05, 4.69) is 0 Å². The van der Waals surface area contributed by atoms with E-state index in [0.717, 1.165) is 47.1 Å². The second-order valence-corrected chi connectivity index (χ2v) is 16.4. The molecule has 0 radical (unpaired) electrons. The minimum atomic E-state index is -0.676. The highest BCUT2D eigenvalue weighted by Gasteiger charge is 2.35. The fourth-order valence-corrected chi connectivity index (χ4v) is 7.43. The van der Waals surface area contributed by atoms with Crippen LogP contribution in [0.2, 0.25) is 0 Å². The number of carbonyl (C=O) groups is 5.